The fourth-order valence-electron chi connectivity index (χ4n) is 1.87. The first-order valence-corrected chi connectivity index (χ1v) is 7.27. The molecule has 0 aliphatic rings. The van der Waals surface area contributed by atoms with Crippen molar-refractivity contribution >= 4 is 28.6 Å². The molecule has 0 aliphatic heterocycles. The van der Waals surface area contributed by atoms with Crippen molar-refractivity contribution < 1.29 is 0 Å². The molecule has 3 rings (SSSR count). The highest BCUT2D eigenvalue weighted by Gasteiger charge is 2.05. The standard InChI is InChI=1S/C12H12ClN5OS/c13-10-2-1-9(20-10)7-14-4-6-18-12(19)17-5-3-15-8-11(17)16-18/h1-3,5,8,14H,4,6-7H2. The number of hydrogen-bond donors (Lipinski definition) is 1. The zero-order valence-electron chi connectivity index (χ0n) is 10.5. The number of fused-ring (bicyclic) bond motifs is 1. The van der Waals surface area contributed by atoms with E-state index in [-0.39, 0.29) is 5.69 Å². The zero-order valence-corrected chi connectivity index (χ0v) is 12.1. The van der Waals surface area contributed by atoms with Gasteiger partial charge in [-0.1, -0.05) is 11.6 Å². The summed E-state index contributed by atoms with van der Waals surface area (Å²) in [6.45, 7) is 1.91. The summed E-state index contributed by atoms with van der Waals surface area (Å²) in [5, 5.41) is 7.47. The Bertz CT molecular complexity index is 777. The van der Waals surface area contributed by atoms with Gasteiger partial charge in [-0.25, -0.2) is 13.9 Å². The lowest BCUT2D eigenvalue weighted by Crippen LogP contribution is -2.27. The topological polar surface area (TPSA) is 64.2 Å². The smallest absolute Gasteiger partial charge is 0.310 e. The number of thiophene rings is 1. The third kappa shape index (κ3) is 2.74. The lowest BCUT2D eigenvalue weighted by molar-refractivity contribution is 0.543. The molecule has 0 atom stereocenters. The van der Waals surface area contributed by atoms with Crippen LogP contribution in [-0.2, 0) is 13.1 Å². The molecule has 0 amide bonds. The molecule has 0 unspecified atom stereocenters. The lowest BCUT2D eigenvalue weighted by atomic mass is 10.4. The molecule has 0 spiro atoms. The monoisotopic (exact) mass is 309 g/mol. The van der Waals surface area contributed by atoms with Crippen LogP contribution in [0.5, 0.6) is 0 Å². The summed E-state index contributed by atoms with van der Waals surface area (Å²) in [5.41, 5.74) is 0.408. The second-order valence-corrected chi connectivity index (χ2v) is 5.99. The Kier molecular flexibility index (Phi) is 3.81. The Hall–Kier alpha value is -1.70. The van der Waals surface area contributed by atoms with Crippen LogP contribution in [-0.4, -0.2) is 25.7 Å². The molecule has 0 radical (unpaired) electrons. The maximum atomic E-state index is 12.0. The number of aromatic nitrogens is 4. The quantitative estimate of drug-likeness (QED) is 0.724. The molecule has 20 heavy (non-hydrogen) atoms. The van der Waals surface area contributed by atoms with E-state index in [1.54, 1.807) is 29.9 Å². The van der Waals surface area contributed by atoms with Crippen LogP contribution in [0.2, 0.25) is 4.34 Å². The van der Waals surface area contributed by atoms with Crippen molar-refractivity contribution in [2.75, 3.05) is 6.54 Å². The van der Waals surface area contributed by atoms with E-state index in [1.807, 2.05) is 12.1 Å². The Morgan fingerprint density at radius 1 is 1.40 bits per heavy atom. The van der Waals surface area contributed by atoms with Gasteiger partial charge in [0, 0.05) is 30.4 Å². The lowest BCUT2D eigenvalue weighted by Gasteiger charge is -2.01. The number of rotatable bonds is 5. The first-order chi connectivity index (χ1) is 9.74. The van der Waals surface area contributed by atoms with Crippen molar-refractivity contribution in [3.05, 3.63) is 50.4 Å². The summed E-state index contributed by atoms with van der Waals surface area (Å²) >= 11 is 7.41. The molecule has 0 fully saturated rings. The molecule has 1 N–H and O–H groups in total. The fraction of sp³-hybridized carbons (Fsp3) is 0.250. The van der Waals surface area contributed by atoms with Crippen LogP contribution in [0.3, 0.4) is 0 Å². The average molecular weight is 310 g/mol. The average Bonchev–Trinajstić information content (AvgIpc) is 3.00. The van der Waals surface area contributed by atoms with Gasteiger partial charge in [-0.2, -0.15) is 0 Å². The van der Waals surface area contributed by atoms with Crippen molar-refractivity contribution in [3.63, 3.8) is 0 Å². The highest BCUT2D eigenvalue weighted by Crippen LogP contribution is 2.20. The predicted octanol–water partition coefficient (Wildman–Crippen LogP) is 1.40. The zero-order chi connectivity index (χ0) is 13.9. The van der Waals surface area contributed by atoms with Gasteiger partial charge in [-0.3, -0.25) is 4.98 Å². The van der Waals surface area contributed by atoms with Crippen LogP contribution < -0.4 is 11.0 Å². The van der Waals surface area contributed by atoms with Gasteiger partial charge in [-0.15, -0.1) is 16.4 Å². The first-order valence-electron chi connectivity index (χ1n) is 6.08. The van der Waals surface area contributed by atoms with E-state index in [9.17, 15) is 4.79 Å². The molecule has 3 heterocycles. The van der Waals surface area contributed by atoms with Gasteiger partial charge in [0.1, 0.15) is 0 Å². The Labute approximate surface area is 123 Å². The molecule has 104 valence electrons. The van der Waals surface area contributed by atoms with Crippen LogP contribution in [0.25, 0.3) is 5.65 Å². The minimum absolute atomic E-state index is 0.150. The second-order valence-electron chi connectivity index (χ2n) is 4.19. The molecule has 3 aromatic rings. The highest BCUT2D eigenvalue weighted by atomic mass is 35.5. The van der Waals surface area contributed by atoms with Gasteiger partial charge >= 0.3 is 5.69 Å². The van der Waals surface area contributed by atoms with Gasteiger partial charge in [-0.05, 0) is 12.1 Å². The summed E-state index contributed by atoms with van der Waals surface area (Å²) in [4.78, 5) is 17.1. The Balaban J connectivity index is 1.60. The van der Waals surface area contributed by atoms with Crippen LogP contribution in [0.15, 0.2) is 35.5 Å². The summed E-state index contributed by atoms with van der Waals surface area (Å²) < 4.78 is 3.70. The van der Waals surface area contributed by atoms with Crippen molar-refractivity contribution in [1.29, 1.82) is 0 Å². The third-order valence-electron chi connectivity index (χ3n) is 2.82. The van der Waals surface area contributed by atoms with Crippen molar-refractivity contribution in [2.24, 2.45) is 0 Å². The largest absolute Gasteiger partial charge is 0.350 e. The summed E-state index contributed by atoms with van der Waals surface area (Å²) in [6.07, 6.45) is 4.75. The highest BCUT2D eigenvalue weighted by molar-refractivity contribution is 7.16. The minimum atomic E-state index is -0.150. The second kappa shape index (κ2) is 5.74. The molecule has 3 aromatic heterocycles. The van der Waals surface area contributed by atoms with Gasteiger partial charge in [0.2, 0.25) is 0 Å². The number of hydrogen-bond acceptors (Lipinski definition) is 5. The van der Waals surface area contributed by atoms with E-state index in [1.165, 1.54) is 14.0 Å². The van der Waals surface area contributed by atoms with Gasteiger partial charge in [0.15, 0.2) is 5.65 Å². The van der Waals surface area contributed by atoms with Crippen molar-refractivity contribution in [2.45, 2.75) is 13.1 Å². The predicted molar refractivity (Wildman–Crippen MR) is 78.3 cm³/mol. The third-order valence-corrected chi connectivity index (χ3v) is 4.05. The van der Waals surface area contributed by atoms with E-state index in [0.717, 1.165) is 10.9 Å². The number of nitrogens with one attached hydrogen (secondary N) is 1. The molecule has 6 nitrogen and oxygen atoms in total. The van der Waals surface area contributed by atoms with Crippen LogP contribution in [0.1, 0.15) is 4.88 Å². The van der Waals surface area contributed by atoms with Gasteiger partial charge < -0.3 is 5.32 Å². The summed E-state index contributed by atoms with van der Waals surface area (Å²) in [6, 6.07) is 3.87. The molecule has 0 saturated carbocycles. The van der Waals surface area contributed by atoms with E-state index >= 15 is 0 Å². The van der Waals surface area contributed by atoms with Crippen LogP contribution in [0.4, 0.5) is 0 Å². The molecular weight excluding hydrogens is 298 g/mol. The van der Waals surface area contributed by atoms with Crippen LogP contribution >= 0.6 is 22.9 Å². The normalized spacial score (nSPS) is 11.2. The maximum Gasteiger partial charge on any atom is 0.350 e. The first kappa shape index (κ1) is 13.3. The molecule has 0 aromatic carbocycles. The Morgan fingerprint density at radius 2 is 2.30 bits per heavy atom. The van der Waals surface area contributed by atoms with E-state index in [2.05, 4.69) is 15.4 Å². The van der Waals surface area contributed by atoms with E-state index < -0.39 is 0 Å². The SMILES string of the molecule is O=c1n(CCNCc2ccc(Cl)s2)nc2cnccn12. The molecule has 0 saturated heterocycles. The summed E-state index contributed by atoms with van der Waals surface area (Å²) in [7, 11) is 0. The maximum absolute atomic E-state index is 12.0. The minimum Gasteiger partial charge on any atom is -0.310 e. The van der Waals surface area contributed by atoms with E-state index in [4.69, 9.17) is 11.6 Å². The van der Waals surface area contributed by atoms with Crippen LogP contribution in [0, 0.1) is 0 Å². The molecular formula is C12H12ClN5OS. The van der Waals surface area contributed by atoms with Crippen molar-refractivity contribution in [3.8, 4) is 0 Å². The number of halogens is 1. The van der Waals surface area contributed by atoms with Gasteiger partial charge in [0.05, 0.1) is 17.1 Å². The molecule has 0 bridgehead atoms. The summed E-state index contributed by atoms with van der Waals surface area (Å²) in [5.74, 6) is 0. The van der Waals surface area contributed by atoms with Gasteiger partial charge in [0.25, 0.3) is 0 Å². The molecule has 8 heteroatoms. The number of nitrogens with zero attached hydrogens (tertiary/aromatic N) is 4. The van der Waals surface area contributed by atoms with Crippen molar-refractivity contribution in [1.82, 2.24) is 24.5 Å². The Morgan fingerprint density at radius 3 is 3.05 bits per heavy atom. The fourth-order valence-corrected chi connectivity index (χ4v) is 2.93. The molecule has 0 aliphatic carbocycles. The van der Waals surface area contributed by atoms with E-state index in [0.29, 0.717) is 18.7 Å².